The monoisotopic (exact) mass is 189 g/mol. The Labute approximate surface area is 79.5 Å². The third-order valence-corrected chi connectivity index (χ3v) is 2.57. The average molecular weight is 189 g/mol. The topological polar surface area (TPSA) is 29.1 Å². The van der Waals surface area contributed by atoms with Gasteiger partial charge in [-0.2, -0.15) is 11.8 Å². The second-order valence-electron chi connectivity index (χ2n) is 2.82. The molecular weight excluding hydrogens is 170 g/mol. The number of rotatable bonds is 6. The van der Waals surface area contributed by atoms with Crippen molar-refractivity contribution in [2.24, 2.45) is 0 Å². The molecule has 0 saturated carbocycles. The molecule has 0 aromatic carbocycles. The van der Waals surface area contributed by atoms with Gasteiger partial charge in [-0.15, -0.1) is 0 Å². The second kappa shape index (κ2) is 7.47. The van der Waals surface area contributed by atoms with Gasteiger partial charge in [-0.1, -0.05) is 20.8 Å². The molecule has 0 radical (unpaired) electrons. The molecule has 0 heterocycles. The van der Waals surface area contributed by atoms with Crippen molar-refractivity contribution in [1.29, 1.82) is 0 Å². The van der Waals surface area contributed by atoms with E-state index in [2.05, 4.69) is 26.1 Å². The highest BCUT2D eigenvalue weighted by molar-refractivity contribution is 7.99. The van der Waals surface area contributed by atoms with E-state index in [9.17, 15) is 4.79 Å². The zero-order valence-electron chi connectivity index (χ0n) is 8.22. The molecule has 0 saturated heterocycles. The van der Waals surface area contributed by atoms with Crippen molar-refractivity contribution in [1.82, 2.24) is 5.32 Å². The first-order valence-electron chi connectivity index (χ1n) is 4.59. The minimum atomic E-state index is 0.185. The van der Waals surface area contributed by atoms with E-state index in [1.807, 2.05) is 11.8 Å². The van der Waals surface area contributed by atoms with Gasteiger partial charge in [-0.3, -0.25) is 4.79 Å². The third kappa shape index (κ3) is 6.53. The van der Waals surface area contributed by atoms with Crippen molar-refractivity contribution < 1.29 is 4.79 Å². The summed E-state index contributed by atoms with van der Waals surface area (Å²) in [6.45, 7) is 7.08. The molecular formula is C9H19NOS. The molecule has 0 aliphatic carbocycles. The number of hydrogen-bond acceptors (Lipinski definition) is 2. The molecule has 1 unspecified atom stereocenters. The Morgan fingerprint density at radius 2 is 2.17 bits per heavy atom. The molecule has 1 N–H and O–H groups in total. The van der Waals surface area contributed by atoms with E-state index in [0.717, 1.165) is 18.7 Å². The van der Waals surface area contributed by atoms with Crippen LogP contribution in [0.2, 0.25) is 0 Å². The van der Waals surface area contributed by atoms with E-state index in [-0.39, 0.29) is 5.91 Å². The summed E-state index contributed by atoms with van der Waals surface area (Å²) in [4.78, 5) is 11.2. The lowest BCUT2D eigenvalue weighted by Gasteiger charge is -2.09. The number of nitrogens with one attached hydrogen (secondary N) is 1. The van der Waals surface area contributed by atoms with E-state index < -0.39 is 0 Å². The molecule has 0 aromatic rings. The fourth-order valence-electron chi connectivity index (χ4n) is 0.941. The van der Waals surface area contributed by atoms with Crippen molar-refractivity contribution in [3.63, 3.8) is 0 Å². The van der Waals surface area contributed by atoms with Gasteiger partial charge in [0.05, 0.1) is 0 Å². The molecule has 0 rings (SSSR count). The number of amides is 1. The Morgan fingerprint density at radius 1 is 1.50 bits per heavy atom. The summed E-state index contributed by atoms with van der Waals surface area (Å²) >= 11 is 1.83. The van der Waals surface area contributed by atoms with Crippen LogP contribution >= 0.6 is 11.8 Å². The largest absolute Gasteiger partial charge is 0.356 e. The van der Waals surface area contributed by atoms with Crippen LogP contribution < -0.4 is 5.32 Å². The highest BCUT2D eigenvalue weighted by Crippen LogP contribution is 2.12. The molecule has 0 aliphatic heterocycles. The summed E-state index contributed by atoms with van der Waals surface area (Å²) < 4.78 is 0. The quantitative estimate of drug-likeness (QED) is 0.693. The summed E-state index contributed by atoms with van der Waals surface area (Å²) in [5.74, 6) is 1.27. The number of thioether (sulfide) groups is 1. The Kier molecular flexibility index (Phi) is 7.36. The van der Waals surface area contributed by atoms with Gasteiger partial charge in [0.2, 0.25) is 5.91 Å². The van der Waals surface area contributed by atoms with E-state index in [1.165, 1.54) is 0 Å². The standard InChI is InChI=1S/C9H19NOS/c1-4-6-10-9(11)7-8(3)12-5-2/h8H,4-7H2,1-3H3,(H,10,11). The summed E-state index contributed by atoms with van der Waals surface area (Å²) in [7, 11) is 0. The first-order chi connectivity index (χ1) is 5.70. The molecule has 1 atom stereocenters. The molecule has 12 heavy (non-hydrogen) atoms. The van der Waals surface area contributed by atoms with Crippen LogP contribution in [0, 0.1) is 0 Å². The molecule has 0 spiro atoms. The first kappa shape index (κ1) is 11.8. The Hall–Kier alpha value is -0.180. The maximum absolute atomic E-state index is 11.2. The lowest BCUT2D eigenvalue weighted by Crippen LogP contribution is -2.26. The van der Waals surface area contributed by atoms with Crippen molar-refractivity contribution in [3.05, 3.63) is 0 Å². The van der Waals surface area contributed by atoms with Crippen molar-refractivity contribution in [2.45, 2.75) is 38.9 Å². The number of carbonyl (C=O) groups is 1. The smallest absolute Gasteiger partial charge is 0.221 e. The molecule has 0 aliphatic rings. The summed E-state index contributed by atoms with van der Waals surface area (Å²) in [6, 6.07) is 0. The molecule has 1 amide bonds. The third-order valence-electron chi connectivity index (χ3n) is 1.50. The van der Waals surface area contributed by atoms with Crippen molar-refractivity contribution in [2.75, 3.05) is 12.3 Å². The highest BCUT2D eigenvalue weighted by atomic mass is 32.2. The maximum Gasteiger partial charge on any atom is 0.221 e. The molecule has 0 bridgehead atoms. The summed E-state index contributed by atoms with van der Waals surface area (Å²) in [5.41, 5.74) is 0. The van der Waals surface area contributed by atoms with Crippen LogP contribution in [0.15, 0.2) is 0 Å². The van der Waals surface area contributed by atoms with Gasteiger partial charge < -0.3 is 5.32 Å². The lowest BCUT2D eigenvalue weighted by atomic mass is 10.3. The van der Waals surface area contributed by atoms with E-state index >= 15 is 0 Å². The number of carbonyl (C=O) groups excluding carboxylic acids is 1. The van der Waals surface area contributed by atoms with Crippen LogP contribution in [0.5, 0.6) is 0 Å². The Morgan fingerprint density at radius 3 is 2.67 bits per heavy atom. The zero-order chi connectivity index (χ0) is 9.40. The highest BCUT2D eigenvalue weighted by Gasteiger charge is 2.06. The predicted octanol–water partition coefficient (Wildman–Crippen LogP) is 2.04. The minimum Gasteiger partial charge on any atom is -0.356 e. The van der Waals surface area contributed by atoms with E-state index in [1.54, 1.807) is 0 Å². The SMILES string of the molecule is CCCNC(=O)CC(C)SCC. The van der Waals surface area contributed by atoms with Crippen molar-refractivity contribution >= 4 is 17.7 Å². The van der Waals surface area contributed by atoms with Gasteiger partial charge in [-0.05, 0) is 12.2 Å². The van der Waals surface area contributed by atoms with Gasteiger partial charge in [-0.25, -0.2) is 0 Å². The minimum absolute atomic E-state index is 0.185. The lowest BCUT2D eigenvalue weighted by molar-refractivity contribution is -0.120. The second-order valence-corrected chi connectivity index (χ2v) is 4.54. The van der Waals surface area contributed by atoms with Gasteiger partial charge in [0.15, 0.2) is 0 Å². The zero-order valence-corrected chi connectivity index (χ0v) is 9.04. The Bertz CT molecular complexity index is 128. The van der Waals surface area contributed by atoms with E-state index in [0.29, 0.717) is 11.7 Å². The molecule has 2 nitrogen and oxygen atoms in total. The average Bonchev–Trinajstić information content (AvgIpc) is 2.01. The van der Waals surface area contributed by atoms with Gasteiger partial charge >= 0.3 is 0 Å². The molecule has 0 fully saturated rings. The fourth-order valence-corrected chi connectivity index (χ4v) is 1.78. The Balaban J connectivity index is 3.40. The predicted molar refractivity (Wildman–Crippen MR) is 55.5 cm³/mol. The van der Waals surface area contributed by atoms with Crippen LogP contribution in [-0.2, 0) is 4.79 Å². The van der Waals surface area contributed by atoms with Crippen LogP contribution in [0.25, 0.3) is 0 Å². The van der Waals surface area contributed by atoms with Crippen molar-refractivity contribution in [3.8, 4) is 0 Å². The molecule has 3 heteroatoms. The summed E-state index contributed by atoms with van der Waals surface area (Å²) in [6.07, 6.45) is 1.67. The fraction of sp³-hybridized carbons (Fsp3) is 0.889. The van der Waals surface area contributed by atoms with Crippen LogP contribution in [-0.4, -0.2) is 23.5 Å². The maximum atomic E-state index is 11.2. The van der Waals surface area contributed by atoms with E-state index in [4.69, 9.17) is 0 Å². The summed E-state index contributed by atoms with van der Waals surface area (Å²) in [5, 5.41) is 3.32. The van der Waals surface area contributed by atoms with Crippen LogP contribution in [0.3, 0.4) is 0 Å². The van der Waals surface area contributed by atoms with Crippen LogP contribution in [0.4, 0.5) is 0 Å². The first-order valence-corrected chi connectivity index (χ1v) is 5.63. The van der Waals surface area contributed by atoms with Gasteiger partial charge in [0.25, 0.3) is 0 Å². The van der Waals surface area contributed by atoms with Gasteiger partial charge in [0, 0.05) is 18.2 Å². The number of hydrogen-bond donors (Lipinski definition) is 1. The normalized spacial score (nSPS) is 12.6. The van der Waals surface area contributed by atoms with Gasteiger partial charge in [0.1, 0.15) is 0 Å². The molecule has 72 valence electrons. The molecule has 0 aromatic heterocycles. The van der Waals surface area contributed by atoms with Crippen LogP contribution in [0.1, 0.15) is 33.6 Å².